The van der Waals surface area contributed by atoms with Crippen molar-refractivity contribution in [3.63, 3.8) is 0 Å². The second kappa shape index (κ2) is 25.5. The van der Waals surface area contributed by atoms with Gasteiger partial charge in [0.25, 0.3) is 0 Å². The van der Waals surface area contributed by atoms with Crippen LogP contribution < -0.4 is 14.2 Å². The highest BCUT2D eigenvalue weighted by Crippen LogP contribution is 2.26. The molecule has 0 fully saturated rings. The summed E-state index contributed by atoms with van der Waals surface area (Å²) in [7, 11) is 0. The lowest BCUT2D eigenvalue weighted by Gasteiger charge is -2.10. The van der Waals surface area contributed by atoms with E-state index in [9.17, 15) is 0 Å². The summed E-state index contributed by atoms with van der Waals surface area (Å²) in [6.45, 7) is 2.19. The Kier molecular flexibility index (Phi) is 21.7. The molecule has 0 radical (unpaired) electrons. The fraction of sp³-hybridized carbons (Fsp3) is 0.667. The first-order valence-electron chi connectivity index (χ1n) is 16.7. The third-order valence-corrected chi connectivity index (χ3v) is 7.53. The van der Waals surface area contributed by atoms with E-state index in [2.05, 4.69) is 0 Å². The van der Waals surface area contributed by atoms with Gasteiger partial charge in [-0.15, -0.1) is 0 Å². The van der Waals surface area contributed by atoms with Crippen molar-refractivity contribution < 1.29 is 24.4 Å². The van der Waals surface area contributed by atoms with E-state index < -0.39 is 0 Å². The van der Waals surface area contributed by atoms with Gasteiger partial charge in [-0.05, 0) is 74.2 Å². The molecule has 5 nitrogen and oxygen atoms in total. The van der Waals surface area contributed by atoms with Crippen LogP contribution in [0.25, 0.3) is 0 Å². The summed E-state index contributed by atoms with van der Waals surface area (Å²) in [5.74, 6) is 3.37. The average molecular weight is 571 g/mol. The van der Waals surface area contributed by atoms with E-state index in [0.29, 0.717) is 13.2 Å². The molecule has 41 heavy (non-hydrogen) atoms. The number of aliphatic hydroxyl groups is 2. The zero-order valence-corrected chi connectivity index (χ0v) is 25.7. The summed E-state index contributed by atoms with van der Waals surface area (Å²) < 4.78 is 17.8. The lowest BCUT2D eigenvalue weighted by Crippen LogP contribution is -1.97. The Morgan fingerprint density at radius 1 is 0.317 bits per heavy atom. The van der Waals surface area contributed by atoms with E-state index in [4.69, 9.17) is 24.4 Å². The van der Waals surface area contributed by atoms with Crippen molar-refractivity contribution in [2.75, 3.05) is 26.4 Å². The fourth-order valence-corrected chi connectivity index (χ4v) is 4.98. The third-order valence-electron chi connectivity index (χ3n) is 7.53. The van der Waals surface area contributed by atoms with Crippen LogP contribution >= 0.6 is 0 Å². The topological polar surface area (TPSA) is 68.2 Å². The number of hydrogen-bond acceptors (Lipinski definition) is 5. The smallest absolute Gasteiger partial charge is 0.127 e. The van der Waals surface area contributed by atoms with Crippen molar-refractivity contribution in [3.05, 3.63) is 48.5 Å². The van der Waals surface area contributed by atoms with Crippen LogP contribution in [0.2, 0.25) is 0 Å². The first-order chi connectivity index (χ1) is 20.3. The Bertz CT molecular complexity index is 751. The second-order valence-corrected chi connectivity index (χ2v) is 11.3. The van der Waals surface area contributed by atoms with E-state index in [0.717, 1.165) is 61.9 Å². The van der Waals surface area contributed by atoms with Gasteiger partial charge < -0.3 is 24.4 Å². The Balaban J connectivity index is 1.46. The zero-order chi connectivity index (χ0) is 29.1. The van der Waals surface area contributed by atoms with Gasteiger partial charge >= 0.3 is 0 Å². The van der Waals surface area contributed by atoms with Crippen molar-refractivity contribution in [2.45, 2.75) is 128 Å². The predicted molar refractivity (Wildman–Crippen MR) is 170 cm³/mol. The summed E-state index contributed by atoms with van der Waals surface area (Å²) >= 11 is 0. The first-order valence-corrected chi connectivity index (χ1v) is 16.7. The van der Waals surface area contributed by atoms with Crippen molar-refractivity contribution >= 4 is 0 Å². The molecule has 2 aromatic carbocycles. The van der Waals surface area contributed by atoms with Gasteiger partial charge in [0.15, 0.2) is 0 Å². The molecule has 0 bridgehead atoms. The largest absolute Gasteiger partial charge is 0.494 e. The Hall–Kier alpha value is -2.24. The molecule has 2 N–H and O–H groups in total. The van der Waals surface area contributed by atoms with Gasteiger partial charge in [-0.2, -0.15) is 0 Å². The van der Waals surface area contributed by atoms with Gasteiger partial charge in [0, 0.05) is 13.2 Å². The molecule has 0 atom stereocenters. The van der Waals surface area contributed by atoms with Gasteiger partial charge in [-0.25, -0.2) is 0 Å². The normalized spacial score (nSPS) is 11.1. The van der Waals surface area contributed by atoms with Gasteiger partial charge in [0.2, 0.25) is 0 Å². The Morgan fingerprint density at radius 3 is 0.854 bits per heavy atom. The molecule has 0 aliphatic heterocycles. The minimum absolute atomic E-state index is 0.334. The minimum atomic E-state index is 0.334. The van der Waals surface area contributed by atoms with Gasteiger partial charge in [0.1, 0.15) is 23.0 Å². The zero-order valence-electron chi connectivity index (χ0n) is 25.7. The molecular weight excluding hydrogens is 512 g/mol. The molecule has 0 aromatic heterocycles. The molecule has 5 heteroatoms. The molecule has 0 unspecified atom stereocenters. The quantitative estimate of drug-likeness (QED) is 0.0996. The van der Waals surface area contributed by atoms with Gasteiger partial charge in [0.05, 0.1) is 13.2 Å². The fourth-order valence-electron chi connectivity index (χ4n) is 4.98. The van der Waals surface area contributed by atoms with Crippen molar-refractivity contribution in [3.8, 4) is 23.0 Å². The van der Waals surface area contributed by atoms with E-state index in [1.807, 2.05) is 48.5 Å². The highest BCUT2D eigenvalue weighted by Gasteiger charge is 2.01. The summed E-state index contributed by atoms with van der Waals surface area (Å²) in [4.78, 5) is 0. The summed E-state index contributed by atoms with van der Waals surface area (Å²) in [5, 5.41) is 17.6. The van der Waals surface area contributed by atoms with E-state index in [1.165, 1.54) is 103 Å². The molecule has 2 rings (SSSR count). The Morgan fingerprint density at radius 2 is 0.561 bits per heavy atom. The highest BCUT2D eigenvalue weighted by atomic mass is 16.5. The monoisotopic (exact) mass is 570 g/mol. The maximum absolute atomic E-state index is 8.80. The van der Waals surface area contributed by atoms with Crippen LogP contribution in [0.4, 0.5) is 0 Å². The average Bonchev–Trinajstić information content (AvgIpc) is 3.00. The number of hydrogen-bond donors (Lipinski definition) is 2. The lowest BCUT2D eigenvalue weighted by atomic mass is 10.1. The van der Waals surface area contributed by atoms with Crippen LogP contribution in [0.15, 0.2) is 48.5 Å². The number of rotatable bonds is 28. The van der Waals surface area contributed by atoms with Crippen LogP contribution in [0.5, 0.6) is 23.0 Å². The molecule has 0 heterocycles. The maximum Gasteiger partial charge on any atom is 0.127 e. The maximum atomic E-state index is 8.80. The number of unbranched alkanes of at least 4 members (excludes halogenated alkanes) is 18. The summed E-state index contributed by atoms with van der Waals surface area (Å²) in [5.41, 5.74) is 0. The molecule has 232 valence electrons. The lowest BCUT2D eigenvalue weighted by molar-refractivity contribution is 0.282. The number of aliphatic hydroxyl groups excluding tert-OH is 2. The Labute approximate surface area is 250 Å². The summed E-state index contributed by atoms with van der Waals surface area (Å²) in [6.07, 6.45) is 24.5. The molecule has 0 amide bonds. The molecule has 0 saturated carbocycles. The van der Waals surface area contributed by atoms with Crippen molar-refractivity contribution in [1.29, 1.82) is 0 Å². The molecule has 0 aliphatic carbocycles. The van der Waals surface area contributed by atoms with Crippen LogP contribution in [-0.2, 0) is 0 Å². The van der Waals surface area contributed by atoms with Crippen LogP contribution in [0, 0.1) is 0 Å². The standard InChI is InChI=1S/C36H58O5/c37-29-17-13-9-5-1-3-7-11-15-19-31-39-33-21-25-35(26-22-33)41-36-27-23-34(24-28-36)40-32-20-16-12-8-4-2-6-10-14-18-30-38/h21-28,37-38H,1-20,29-32H2. The third kappa shape index (κ3) is 19.5. The summed E-state index contributed by atoms with van der Waals surface area (Å²) in [6, 6.07) is 15.7. The van der Waals surface area contributed by atoms with Crippen LogP contribution in [-0.4, -0.2) is 36.6 Å². The van der Waals surface area contributed by atoms with Crippen molar-refractivity contribution in [2.24, 2.45) is 0 Å². The second-order valence-electron chi connectivity index (χ2n) is 11.3. The minimum Gasteiger partial charge on any atom is -0.494 e. The SMILES string of the molecule is OCCCCCCCCCCCCOc1ccc(Oc2ccc(OCCCCCCCCCCCCO)cc2)cc1. The van der Waals surface area contributed by atoms with E-state index in [-0.39, 0.29) is 0 Å². The molecule has 0 aliphatic rings. The number of benzene rings is 2. The van der Waals surface area contributed by atoms with E-state index >= 15 is 0 Å². The molecule has 2 aromatic rings. The molecular formula is C36H58O5. The highest BCUT2D eigenvalue weighted by molar-refractivity contribution is 5.37. The van der Waals surface area contributed by atoms with Gasteiger partial charge in [-0.3, -0.25) is 0 Å². The van der Waals surface area contributed by atoms with Gasteiger partial charge in [-0.1, -0.05) is 103 Å². The van der Waals surface area contributed by atoms with E-state index in [1.54, 1.807) is 0 Å². The molecule has 0 spiro atoms. The van der Waals surface area contributed by atoms with Crippen LogP contribution in [0.3, 0.4) is 0 Å². The predicted octanol–water partition coefficient (Wildman–Crippen LogP) is 10.0. The first kappa shape index (κ1) is 35.0. The van der Waals surface area contributed by atoms with Crippen LogP contribution in [0.1, 0.15) is 128 Å². The van der Waals surface area contributed by atoms with Crippen molar-refractivity contribution in [1.82, 2.24) is 0 Å². The molecule has 0 saturated heterocycles. The number of ether oxygens (including phenoxy) is 3.